The largest absolute Gasteiger partial charge is 0.303 e. The molecule has 3 nitrogen and oxygen atoms in total. The van der Waals surface area contributed by atoms with Gasteiger partial charge in [0.15, 0.2) is 0 Å². The minimum atomic E-state index is -0.379. The van der Waals surface area contributed by atoms with Crippen LogP contribution in [0.5, 0.6) is 0 Å². The first-order chi connectivity index (χ1) is 13.0. The predicted octanol–water partition coefficient (Wildman–Crippen LogP) is 5.41. The predicted molar refractivity (Wildman–Crippen MR) is 109 cm³/mol. The molecule has 0 bridgehead atoms. The molecule has 3 heteroatoms. The van der Waals surface area contributed by atoms with Crippen LogP contribution in [0.1, 0.15) is 72.1 Å². The van der Waals surface area contributed by atoms with Crippen molar-refractivity contribution in [3.63, 3.8) is 0 Å². The van der Waals surface area contributed by atoms with Crippen molar-refractivity contribution in [3.05, 3.63) is 34.9 Å². The summed E-state index contributed by atoms with van der Waals surface area (Å²) in [6, 6.07) is 0. The van der Waals surface area contributed by atoms with Crippen molar-refractivity contribution in [3.8, 4) is 0 Å². The lowest BCUT2D eigenvalue weighted by atomic mass is 9.65. The molecule has 0 aliphatic heterocycles. The highest BCUT2D eigenvalue weighted by molar-refractivity contribution is 5.78. The van der Waals surface area contributed by atoms with Gasteiger partial charge in [-0.3, -0.25) is 4.79 Å². The highest BCUT2D eigenvalue weighted by Gasteiger charge is 2.38. The van der Waals surface area contributed by atoms with Crippen molar-refractivity contribution in [1.82, 2.24) is 0 Å². The maximum Gasteiger partial charge on any atom is 0.146 e. The van der Waals surface area contributed by atoms with Gasteiger partial charge in [-0.25, -0.2) is 0 Å². The van der Waals surface area contributed by atoms with Crippen LogP contribution in [0.3, 0.4) is 0 Å². The zero-order chi connectivity index (χ0) is 19.9. The summed E-state index contributed by atoms with van der Waals surface area (Å²) in [5, 5.41) is 0. The molecule has 3 rings (SSSR count). The molecule has 0 aromatic heterocycles. The minimum absolute atomic E-state index is 0.193. The van der Waals surface area contributed by atoms with Crippen LogP contribution < -0.4 is 0 Å². The molecule has 0 fully saturated rings. The van der Waals surface area contributed by atoms with E-state index in [2.05, 4.69) is 26.0 Å². The fraction of sp³-hybridized carbons (Fsp3) is 0.625. The second-order valence-corrected chi connectivity index (χ2v) is 8.68. The molecule has 27 heavy (non-hydrogen) atoms. The molecular weight excluding hydrogens is 336 g/mol. The smallest absolute Gasteiger partial charge is 0.146 e. The van der Waals surface area contributed by atoms with E-state index in [0.29, 0.717) is 12.3 Å². The SMILES string of the molecule is CC1=C(C=O)CC(C=O)(C2=CCC(C)CC2)CC1.CC1CCC=CC1C=O. The standard InChI is InChI=1S/C16H22O2.C8H12O/c1-12-3-5-15(6-4-12)16(11-18)8-7-13(2)14(9-16)10-17;1-7-4-2-3-5-8(7)6-9/h5,10-12H,3-4,6-9H2,1-2H3;3,5-8H,2,4H2,1H3. The third-order valence-electron chi connectivity index (χ3n) is 6.64. The Labute approximate surface area is 164 Å². The van der Waals surface area contributed by atoms with Crippen molar-refractivity contribution < 1.29 is 14.4 Å². The molecule has 4 unspecified atom stereocenters. The van der Waals surface area contributed by atoms with Gasteiger partial charge in [-0.1, -0.05) is 43.2 Å². The summed E-state index contributed by atoms with van der Waals surface area (Å²) in [6.45, 7) is 6.39. The lowest BCUT2D eigenvalue weighted by Crippen LogP contribution is -2.31. The first kappa shape index (κ1) is 21.5. The Morgan fingerprint density at radius 2 is 1.89 bits per heavy atom. The van der Waals surface area contributed by atoms with E-state index in [0.717, 1.165) is 68.0 Å². The molecule has 3 aliphatic carbocycles. The first-order valence-electron chi connectivity index (χ1n) is 10.4. The Balaban J connectivity index is 0.000000244. The third-order valence-corrected chi connectivity index (χ3v) is 6.64. The zero-order valence-electron chi connectivity index (χ0n) is 17.1. The van der Waals surface area contributed by atoms with E-state index in [1.165, 1.54) is 18.4 Å². The van der Waals surface area contributed by atoms with Gasteiger partial charge in [0.2, 0.25) is 0 Å². The van der Waals surface area contributed by atoms with Gasteiger partial charge in [0.25, 0.3) is 0 Å². The molecule has 0 aromatic rings. The second kappa shape index (κ2) is 9.96. The van der Waals surface area contributed by atoms with Gasteiger partial charge in [-0.15, -0.1) is 0 Å². The van der Waals surface area contributed by atoms with E-state index in [-0.39, 0.29) is 11.3 Å². The topological polar surface area (TPSA) is 51.2 Å². The van der Waals surface area contributed by atoms with E-state index < -0.39 is 0 Å². The van der Waals surface area contributed by atoms with Gasteiger partial charge in [0.05, 0.1) is 5.41 Å². The molecule has 0 saturated heterocycles. The van der Waals surface area contributed by atoms with E-state index in [1.807, 2.05) is 13.0 Å². The average Bonchev–Trinajstić information content (AvgIpc) is 2.70. The number of hydrogen-bond acceptors (Lipinski definition) is 3. The van der Waals surface area contributed by atoms with E-state index in [9.17, 15) is 14.4 Å². The van der Waals surface area contributed by atoms with Gasteiger partial charge < -0.3 is 9.59 Å². The van der Waals surface area contributed by atoms with Gasteiger partial charge >= 0.3 is 0 Å². The van der Waals surface area contributed by atoms with Crippen LogP contribution in [-0.2, 0) is 14.4 Å². The number of carbonyl (C=O) groups excluding carboxylic acids is 3. The molecule has 0 N–H and O–H groups in total. The Bertz CT molecular complexity index is 640. The van der Waals surface area contributed by atoms with E-state index in [4.69, 9.17) is 0 Å². The summed E-state index contributed by atoms with van der Waals surface area (Å²) in [5.74, 6) is 1.48. The molecular formula is C24H34O3. The number of carbonyl (C=O) groups is 3. The summed E-state index contributed by atoms with van der Waals surface area (Å²) < 4.78 is 0. The van der Waals surface area contributed by atoms with Crippen LogP contribution in [0.25, 0.3) is 0 Å². The number of hydrogen-bond donors (Lipinski definition) is 0. The monoisotopic (exact) mass is 370 g/mol. The van der Waals surface area contributed by atoms with Gasteiger partial charge in [-0.05, 0) is 75.7 Å². The fourth-order valence-corrected chi connectivity index (χ4v) is 4.33. The highest BCUT2D eigenvalue weighted by atomic mass is 16.1. The van der Waals surface area contributed by atoms with Gasteiger partial charge in [0, 0.05) is 5.92 Å². The van der Waals surface area contributed by atoms with Crippen LogP contribution in [0.15, 0.2) is 34.9 Å². The first-order valence-corrected chi connectivity index (χ1v) is 10.4. The van der Waals surface area contributed by atoms with Crippen LogP contribution in [0, 0.1) is 23.2 Å². The molecule has 0 saturated carbocycles. The van der Waals surface area contributed by atoms with Crippen LogP contribution >= 0.6 is 0 Å². The minimum Gasteiger partial charge on any atom is -0.303 e. The van der Waals surface area contributed by atoms with Crippen molar-refractivity contribution in [2.75, 3.05) is 0 Å². The molecule has 3 aliphatic rings. The Kier molecular flexibility index (Phi) is 7.94. The Morgan fingerprint density at radius 3 is 2.41 bits per heavy atom. The van der Waals surface area contributed by atoms with Crippen LogP contribution in [0.4, 0.5) is 0 Å². The summed E-state index contributed by atoms with van der Waals surface area (Å²) in [7, 11) is 0. The maximum atomic E-state index is 11.7. The van der Waals surface area contributed by atoms with Crippen LogP contribution in [0.2, 0.25) is 0 Å². The molecule has 0 aromatic carbocycles. The lowest BCUT2D eigenvalue weighted by Gasteiger charge is -2.37. The molecule has 0 amide bonds. The highest BCUT2D eigenvalue weighted by Crippen LogP contribution is 2.46. The third kappa shape index (κ3) is 5.37. The van der Waals surface area contributed by atoms with E-state index in [1.54, 1.807) is 0 Å². The Morgan fingerprint density at radius 1 is 1.11 bits per heavy atom. The zero-order valence-corrected chi connectivity index (χ0v) is 17.1. The van der Waals surface area contributed by atoms with Gasteiger partial charge in [0.1, 0.15) is 18.9 Å². The van der Waals surface area contributed by atoms with Gasteiger partial charge in [-0.2, -0.15) is 0 Å². The quantitative estimate of drug-likeness (QED) is 0.491. The molecule has 0 radical (unpaired) electrons. The summed E-state index contributed by atoms with van der Waals surface area (Å²) in [5.41, 5.74) is 2.90. The summed E-state index contributed by atoms with van der Waals surface area (Å²) >= 11 is 0. The number of allylic oxidation sites excluding steroid dienone is 6. The van der Waals surface area contributed by atoms with Crippen LogP contribution in [-0.4, -0.2) is 18.9 Å². The maximum absolute atomic E-state index is 11.7. The van der Waals surface area contributed by atoms with Crippen molar-refractivity contribution in [1.29, 1.82) is 0 Å². The average molecular weight is 371 g/mol. The molecule has 0 heterocycles. The molecule has 0 spiro atoms. The number of rotatable bonds is 4. The molecule has 4 atom stereocenters. The van der Waals surface area contributed by atoms with Crippen molar-refractivity contribution in [2.24, 2.45) is 23.2 Å². The van der Waals surface area contributed by atoms with E-state index >= 15 is 0 Å². The lowest BCUT2D eigenvalue weighted by molar-refractivity contribution is -0.115. The van der Waals surface area contributed by atoms with Crippen molar-refractivity contribution in [2.45, 2.75) is 72.1 Å². The Hall–Kier alpha value is -1.77. The summed E-state index contributed by atoms with van der Waals surface area (Å²) in [6.07, 6.45) is 17.4. The summed E-state index contributed by atoms with van der Waals surface area (Å²) in [4.78, 5) is 33.1. The second-order valence-electron chi connectivity index (χ2n) is 8.68. The molecule has 148 valence electrons. The van der Waals surface area contributed by atoms with Crippen molar-refractivity contribution >= 4 is 18.9 Å². The fourth-order valence-electron chi connectivity index (χ4n) is 4.33. The number of aldehydes is 3. The normalized spacial score (nSPS) is 33.4.